The van der Waals surface area contributed by atoms with Crippen molar-refractivity contribution >= 4 is 16.1 Å². The highest BCUT2D eigenvalue weighted by atomic mass is 32.2. The van der Waals surface area contributed by atoms with Gasteiger partial charge in [-0.15, -0.1) is 0 Å². The van der Waals surface area contributed by atoms with Gasteiger partial charge in [0.1, 0.15) is 5.75 Å². The van der Waals surface area contributed by atoms with Crippen molar-refractivity contribution in [2.75, 3.05) is 0 Å². The van der Waals surface area contributed by atoms with E-state index in [-0.39, 0.29) is 5.75 Å². The molecule has 0 fully saturated rings. The fraction of sp³-hybridized carbons (Fsp3) is 0.222. The lowest BCUT2D eigenvalue weighted by Crippen LogP contribution is -2.41. The van der Waals surface area contributed by atoms with Gasteiger partial charge in [-0.1, -0.05) is 17.7 Å². The summed E-state index contributed by atoms with van der Waals surface area (Å²) in [4.78, 5) is 10.9. The summed E-state index contributed by atoms with van der Waals surface area (Å²) >= 11 is 0. The predicted molar refractivity (Wildman–Crippen MR) is 55.3 cm³/mol. The predicted octanol–water partition coefficient (Wildman–Crippen LogP) is 1.93. The first-order valence-electron chi connectivity index (χ1n) is 4.49. The lowest BCUT2D eigenvalue weighted by Gasteiger charge is -2.09. The highest BCUT2D eigenvalue weighted by Crippen LogP contribution is 2.21. The molecular formula is C9H8F3NO4S. The Hall–Kier alpha value is -1.77. The molecule has 1 aromatic carbocycles. The molecule has 5 nitrogen and oxygen atoms in total. The first-order valence-corrected chi connectivity index (χ1v) is 5.98. The molecule has 0 atom stereocenters. The first kappa shape index (κ1) is 14.3. The van der Waals surface area contributed by atoms with Gasteiger partial charge in [-0.05, 0) is 19.1 Å². The average Bonchev–Trinajstić information content (AvgIpc) is 2.19. The summed E-state index contributed by atoms with van der Waals surface area (Å²) in [6, 6.07) is 5.71. The summed E-state index contributed by atoms with van der Waals surface area (Å²) in [6.45, 7) is 1.75. The van der Waals surface area contributed by atoms with Gasteiger partial charge in [0.2, 0.25) is 0 Å². The van der Waals surface area contributed by atoms with Gasteiger partial charge in [-0.25, -0.2) is 9.52 Å². The SMILES string of the molecule is Cc1ccc(OC(=O)NS(=O)(=O)C(F)(F)F)cc1. The van der Waals surface area contributed by atoms with E-state index in [1.165, 1.54) is 12.1 Å². The smallest absolute Gasteiger partial charge is 0.410 e. The van der Waals surface area contributed by atoms with Crippen molar-refractivity contribution in [1.82, 2.24) is 4.72 Å². The molecule has 9 heteroatoms. The molecule has 0 radical (unpaired) electrons. The van der Waals surface area contributed by atoms with Gasteiger partial charge in [0, 0.05) is 0 Å². The molecular weight excluding hydrogens is 275 g/mol. The van der Waals surface area contributed by atoms with Crippen molar-refractivity contribution in [3.8, 4) is 5.75 Å². The minimum Gasteiger partial charge on any atom is -0.410 e. The Morgan fingerprint density at radius 1 is 1.22 bits per heavy atom. The van der Waals surface area contributed by atoms with Crippen LogP contribution in [0, 0.1) is 6.92 Å². The number of carbonyl (C=O) groups excluding carboxylic acids is 1. The Balaban J connectivity index is 2.71. The standard InChI is InChI=1S/C9H8F3NO4S/c1-6-2-4-7(5-3-6)17-8(14)13-18(15,16)9(10,11)12/h2-5H,1H3,(H,13,14). The van der Waals surface area contributed by atoms with E-state index >= 15 is 0 Å². The molecule has 1 aromatic rings. The number of amides is 1. The van der Waals surface area contributed by atoms with E-state index in [4.69, 9.17) is 0 Å². The zero-order valence-corrected chi connectivity index (χ0v) is 9.80. The van der Waals surface area contributed by atoms with Crippen LogP contribution in [0.4, 0.5) is 18.0 Å². The number of carbonyl (C=O) groups is 1. The van der Waals surface area contributed by atoms with Crippen LogP contribution in [0.15, 0.2) is 24.3 Å². The first-order chi connectivity index (χ1) is 8.12. The fourth-order valence-electron chi connectivity index (χ4n) is 0.902. The van der Waals surface area contributed by atoms with Gasteiger partial charge in [-0.3, -0.25) is 0 Å². The average molecular weight is 283 g/mol. The number of sulfonamides is 1. The van der Waals surface area contributed by atoms with E-state index in [1.807, 2.05) is 0 Å². The molecule has 0 saturated carbocycles. The Kier molecular flexibility index (Phi) is 3.85. The number of benzene rings is 1. The number of nitrogens with one attached hydrogen (secondary N) is 1. The number of ether oxygens (including phenoxy) is 1. The molecule has 1 rings (SSSR count). The van der Waals surface area contributed by atoms with E-state index in [0.29, 0.717) is 0 Å². The minimum absolute atomic E-state index is 0.0736. The lowest BCUT2D eigenvalue weighted by atomic mass is 10.2. The number of alkyl halides is 3. The molecule has 0 unspecified atom stereocenters. The molecule has 0 spiro atoms. The minimum atomic E-state index is -5.75. The number of hydrogen-bond acceptors (Lipinski definition) is 4. The number of aryl methyl sites for hydroxylation is 1. The Morgan fingerprint density at radius 2 is 1.72 bits per heavy atom. The summed E-state index contributed by atoms with van der Waals surface area (Å²) in [6.07, 6.45) is -1.73. The van der Waals surface area contributed by atoms with Crippen LogP contribution in [0.5, 0.6) is 5.75 Å². The zero-order chi connectivity index (χ0) is 14.0. The van der Waals surface area contributed by atoms with Gasteiger partial charge in [0.05, 0.1) is 0 Å². The van der Waals surface area contributed by atoms with Gasteiger partial charge in [0.25, 0.3) is 0 Å². The Bertz CT molecular complexity index is 536. The van der Waals surface area contributed by atoms with E-state index in [9.17, 15) is 26.4 Å². The molecule has 0 bridgehead atoms. The third-order valence-electron chi connectivity index (χ3n) is 1.75. The second-order valence-corrected chi connectivity index (χ2v) is 4.93. The summed E-state index contributed by atoms with van der Waals surface area (Å²) in [5, 5.41) is 0. The zero-order valence-electron chi connectivity index (χ0n) is 8.98. The van der Waals surface area contributed by atoms with Crippen LogP contribution in [0.25, 0.3) is 0 Å². The second-order valence-electron chi connectivity index (χ2n) is 3.25. The van der Waals surface area contributed by atoms with Crippen LogP contribution in [0.1, 0.15) is 5.56 Å². The van der Waals surface area contributed by atoms with Crippen molar-refractivity contribution in [1.29, 1.82) is 0 Å². The van der Waals surface area contributed by atoms with Crippen LogP contribution in [-0.4, -0.2) is 20.0 Å². The number of rotatable bonds is 2. The summed E-state index contributed by atoms with van der Waals surface area (Å²) in [5.74, 6) is -0.0736. The molecule has 100 valence electrons. The molecule has 1 N–H and O–H groups in total. The molecule has 0 aliphatic rings. The summed E-state index contributed by atoms with van der Waals surface area (Å²) in [7, 11) is -5.75. The van der Waals surface area contributed by atoms with E-state index in [1.54, 1.807) is 19.1 Å². The van der Waals surface area contributed by atoms with Crippen molar-refractivity contribution < 1.29 is 31.1 Å². The van der Waals surface area contributed by atoms with E-state index in [2.05, 4.69) is 4.74 Å². The molecule has 0 aliphatic heterocycles. The van der Waals surface area contributed by atoms with Gasteiger partial charge >= 0.3 is 21.6 Å². The third-order valence-corrected chi connectivity index (χ3v) is 2.80. The molecule has 0 aliphatic carbocycles. The number of hydrogen-bond donors (Lipinski definition) is 1. The topological polar surface area (TPSA) is 72.5 Å². The highest BCUT2D eigenvalue weighted by molar-refractivity contribution is 7.90. The Labute approximate surface area is 101 Å². The van der Waals surface area contributed by atoms with Gasteiger partial charge < -0.3 is 4.74 Å². The van der Waals surface area contributed by atoms with Crippen LogP contribution in [0.3, 0.4) is 0 Å². The molecule has 0 heterocycles. The highest BCUT2D eigenvalue weighted by Gasteiger charge is 2.47. The lowest BCUT2D eigenvalue weighted by molar-refractivity contribution is -0.0446. The quantitative estimate of drug-likeness (QED) is 0.900. The molecule has 1 amide bonds. The maximum Gasteiger partial charge on any atom is 0.516 e. The maximum absolute atomic E-state index is 11.9. The molecule has 0 saturated heterocycles. The largest absolute Gasteiger partial charge is 0.516 e. The van der Waals surface area contributed by atoms with Crippen LogP contribution in [-0.2, 0) is 10.0 Å². The summed E-state index contributed by atoms with van der Waals surface area (Å²) < 4.78 is 62.0. The fourth-order valence-corrected chi connectivity index (χ4v) is 1.28. The third kappa shape index (κ3) is 3.62. The molecule has 0 aromatic heterocycles. The molecule has 18 heavy (non-hydrogen) atoms. The maximum atomic E-state index is 11.9. The normalized spacial score (nSPS) is 12.0. The van der Waals surface area contributed by atoms with Crippen LogP contribution in [0.2, 0.25) is 0 Å². The van der Waals surface area contributed by atoms with Crippen LogP contribution < -0.4 is 9.46 Å². The monoisotopic (exact) mass is 283 g/mol. The number of halogens is 3. The van der Waals surface area contributed by atoms with Gasteiger partial charge in [0.15, 0.2) is 0 Å². The van der Waals surface area contributed by atoms with Crippen LogP contribution >= 0.6 is 0 Å². The Morgan fingerprint density at radius 3 is 2.17 bits per heavy atom. The van der Waals surface area contributed by atoms with Gasteiger partial charge in [-0.2, -0.15) is 21.6 Å². The van der Waals surface area contributed by atoms with Crippen molar-refractivity contribution in [2.24, 2.45) is 0 Å². The summed E-state index contributed by atoms with van der Waals surface area (Å²) in [5.41, 5.74) is -4.73. The van der Waals surface area contributed by atoms with Crippen molar-refractivity contribution in [3.05, 3.63) is 29.8 Å². The van der Waals surface area contributed by atoms with E-state index in [0.717, 1.165) is 10.3 Å². The van der Waals surface area contributed by atoms with Crippen molar-refractivity contribution in [2.45, 2.75) is 12.4 Å². The van der Waals surface area contributed by atoms with Crippen molar-refractivity contribution in [3.63, 3.8) is 0 Å². The second kappa shape index (κ2) is 4.84. The van der Waals surface area contributed by atoms with E-state index < -0.39 is 21.6 Å².